The monoisotopic (exact) mass is 437 g/mol. The van der Waals surface area contributed by atoms with Crippen LogP contribution < -0.4 is 5.73 Å². The Bertz CT molecular complexity index is 594. The molecule has 2 N–H and O–H groups in total. The summed E-state index contributed by atoms with van der Waals surface area (Å²) in [6, 6.07) is 6.96. The van der Waals surface area contributed by atoms with Crippen LogP contribution in [-0.2, 0) is 16.3 Å². The fourth-order valence-corrected chi connectivity index (χ4v) is 3.06. The summed E-state index contributed by atoms with van der Waals surface area (Å²) < 4.78 is 22.8. The number of piperidine rings is 1. The van der Waals surface area contributed by atoms with Gasteiger partial charge in [-0.2, -0.15) is 0 Å². The van der Waals surface area contributed by atoms with Gasteiger partial charge in [-0.05, 0) is 43.4 Å². The van der Waals surface area contributed by atoms with E-state index < -0.39 is 9.84 Å². The molecule has 1 saturated heterocycles. The summed E-state index contributed by atoms with van der Waals surface area (Å²) >= 11 is 0. The standard InChI is InChI=1S/C15H23N3O2S.HI/c1-21(19,20)14-7-5-13(6-8-14)9-10-17-15(16)18-11-3-2-4-12-18;/h5-8H,2-4,9-12H2,1H3,(H2,16,17);1H. The van der Waals surface area contributed by atoms with Crippen LogP contribution in [0.25, 0.3) is 0 Å². The van der Waals surface area contributed by atoms with Gasteiger partial charge < -0.3 is 10.6 Å². The number of aliphatic imine (C=N–C) groups is 1. The summed E-state index contributed by atoms with van der Waals surface area (Å²) in [5, 5.41) is 0. The van der Waals surface area contributed by atoms with E-state index in [2.05, 4.69) is 9.89 Å². The molecule has 1 fully saturated rings. The van der Waals surface area contributed by atoms with E-state index in [1.165, 1.54) is 25.5 Å². The minimum absolute atomic E-state index is 0. The summed E-state index contributed by atoms with van der Waals surface area (Å²) in [5.74, 6) is 0.627. The molecule has 1 heterocycles. The molecule has 0 aliphatic carbocycles. The molecular formula is C15H24IN3O2S. The zero-order valence-corrected chi connectivity index (χ0v) is 16.0. The molecule has 1 aliphatic heterocycles. The van der Waals surface area contributed by atoms with Crippen molar-refractivity contribution in [2.24, 2.45) is 10.7 Å². The van der Waals surface area contributed by atoms with E-state index in [9.17, 15) is 8.42 Å². The smallest absolute Gasteiger partial charge is 0.191 e. The van der Waals surface area contributed by atoms with Crippen molar-refractivity contribution >= 4 is 39.8 Å². The number of halogens is 1. The summed E-state index contributed by atoms with van der Waals surface area (Å²) in [6.07, 6.45) is 5.62. The molecule has 1 aliphatic rings. The number of benzene rings is 1. The lowest BCUT2D eigenvalue weighted by molar-refractivity contribution is 0.338. The lowest BCUT2D eigenvalue weighted by Crippen LogP contribution is -2.41. The number of sulfone groups is 1. The summed E-state index contributed by atoms with van der Waals surface area (Å²) in [4.78, 5) is 6.90. The Morgan fingerprint density at radius 2 is 1.77 bits per heavy atom. The Morgan fingerprint density at radius 3 is 2.32 bits per heavy atom. The van der Waals surface area contributed by atoms with Gasteiger partial charge in [-0.1, -0.05) is 12.1 Å². The van der Waals surface area contributed by atoms with Crippen molar-refractivity contribution in [1.29, 1.82) is 0 Å². The number of nitrogens with two attached hydrogens (primary N) is 1. The molecule has 0 unspecified atom stereocenters. The molecule has 0 bridgehead atoms. The van der Waals surface area contributed by atoms with Crippen LogP contribution in [0.3, 0.4) is 0 Å². The van der Waals surface area contributed by atoms with Gasteiger partial charge in [-0.15, -0.1) is 24.0 Å². The minimum atomic E-state index is -3.12. The predicted molar refractivity (Wildman–Crippen MR) is 101 cm³/mol. The van der Waals surface area contributed by atoms with Gasteiger partial charge in [0.15, 0.2) is 15.8 Å². The molecule has 1 aromatic rings. The number of hydrogen-bond donors (Lipinski definition) is 1. The number of rotatable bonds is 4. The van der Waals surface area contributed by atoms with Crippen LogP contribution in [-0.4, -0.2) is 45.2 Å². The molecule has 0 saturated carbocycles. The first kappa shape index (κ1) is 19.2. The van der Waals surface area contributed by atoms with Gasteiger partial charge in [0.05, 0.1) is 4.90 Å². The molecule has 2 rings (SSSR count). The van der Waals surface area contributed by atoms with Crippen LogP contribution in [0.4, 0.5) is 0 Å². The van der Waals surface area contributed by atoms with Gasteiger partial charge in [0.1, 0.15) is 0 Å². The first-order valence-corrected chi connectivity index (χ1v) is 9.20. The third kappa shape index (κ3) is 5.75. The van der Waals surface area contributed by atoms with Gasteiger partial charge in [0, 0.05) is 25.9 Å². The first-order valence-electron chi connectivity index (χ1n) is 7.31. The highest BCUT2D eigenvalue weighted by Gasteiger charge is 2.11. The SMILES string of the molecule is CS(=O)(=O)c1ccc(CCN=C(N)N2CCCCC2)cc1.I. The van der Waals surface area contributed by atoms with E-state index in [0.717, 1.165) is 25.1 Å². The van der Waals surface area contributed by atoms with Gasteiger partial charge >= 0.3 is 0 Å². The van der Waals surface area contributed by atoms with Crippen molar-refractivity contribution < 1.29 is 8.42 Å². The molecule has 7 heteroatoms. The van der Waals surface area contributed by atoms with Crippen LogP contribution in [0.5, 0.6) is 0 Å². The number of likely N-dealkylation sites (tertiary alicyclic amines) is 1. The Labute approximate surface area is 149 Å². The average molecular weight is 437 g/mol. The molecule has 0 spiro atoms. The highest BCUT2D eigenvalue weighted by atomic mass is 127. The molecule has 1 aromatic carbocycles. The van der Waals surface area contributed by atoms with E-state index >= 15 is 0 Å². The minimum Gasteiger partial charge on any atom is -0.370 e. The maximum absolute atomic E-state index is 11.4. The van der Waals surface area contributed by atoms with E-state index in [4.69, 9.17) is 5.73 Å². The molecule has 0 atom stereocenters. The summed E-state index contributed by atoms with van der Waals surface area (Å²) in [5.41, 5.74) is 7.06. The molecular weight excluding hydrogens is 413 g/mol. The normalized spacial score (nSPS) is 16.2. The van der Waals surface area contributed by atoms with Crippen molar-refractivity contribution in [2.75, 3.05) is 25.9 Å². The fraction of sp³-hybridized carbons (Fsp3) is 0.533. The number of guanidine groups is 1. The predicted octanol–water partition coefficient (Wildman–Crippen LogP) is 2.05. The van der Waals surface area contributed by atoms with Crippen LogP contribution in [0, 0.1) is 0 Å². The van der Waals surface area contributed by atoms with Crippen molar-refractivity contribution in [1.82, 2.24) is 4.90 Å². The topological polar surface area (TPSA) is 75.8 Å². The second-order valence-corrected chi connectivity index (χ2v) is 7.47. The lowest BCUT2D eigenvalue weighted by Gasteiger charge is -2.27. The van der Waals surface area contributed by atoms with Gasteiger partial charge in [-0.25, -0.2) is 8.42 Å². The first-order chi connectivity index (χ1) is 9.97. The van der Waals surface area contributed by atoms with Gasteiger partial charge in [0.2, 0.25) is 0 Å². The molecule has 0 radical (unpaired) electrons. The molecule has 0 aromatic heterocycles. The third-order valence-electron chi connectivity index (χ3n) is 3.71. The van der Waals surface area contributed by atoms with Gasteiger partial charge in [-0.3, -0.25) is 4.99 Å². The third-order valence-corrected chi connectivity index (χ3v) is 4.83. The Balaban J connectivity index is 0.00000242. The van der Waals surface area contributed by atoms with Crippen LogP contribution >= 0.6 is 24.0 Å². The van der Waals surface area contributed by atoms with Gasteiger partial charge in [0.25, 0.3) is 0 Å². The number of nitrogens with zero attached hydrogens (tertiary/aromatic N) is 2. The lowest BCUT2D eigenvalue weighted by atomic mass is 10.1. The molecule has 5 nitrogen and oxygen atoms in total. The van der Waals surface area contributed by atoms with E-state index in [1.54, 1.807) is 12.1 Å². The molecule has 0 amide bonds. The summed E-state index contributed by atoms with van der Waals surface area (Å²) in [6.45, 7) is 2.62. The van der Waals surface area contributed by atoms with Crippen molar-refractivity contribution in [2.45, 2.75) is 30.6 Å². The zero-order chi connectivity index (χ0) is 15.3. The second-order valence-electron chi connectivity index (χ2n) is 5.45. The quantitative estimate of drug-likeness (QED) is 0.445. The van der Waals surface area contributed by atoms with Crippen LogP contribution in [0.1, 0.15) is 24.8 Å². The van der Waals surface area contributed by atoms with Crippen molar-refractivity contribution in [3.05, 3.63) is 29.8 Å². The maximum atomic E-state index is 11.4. The Kier molecular flexibility index (Phi) is 7.61. The largest absolute Gasteiger partial charge is 0.370 e. The van der Waals surface area contributed by atoms with Crippen LogP contribution in [0.2, 0.25) is 0 Å². The number of hydrogen-bond acceptors (Lipinski definition) is 3. The average Bonchev–Trinajstić information content (AvgIpc) is 2.47. The zero-order valence-electron chi connectivity index (χ0n) is 12.9. The highest BCUT2D eigenvalue weighted by Crippen LogP contribution is 2.11. The van der Waals surface area contributed by atoms with Crippen LogP contribution in [0.15, 0.2) is 34.2 Å². The van der Waals surface area contributed by atoms with E-state index in [0.29, 0.717) is 17.4 Å². The van der Waals surface area contributed by atoms with Crippen molar-refractivity contribution in [3.8, 4) is 0 Å². The van der Waals surface area contributed by atoms with E-state index in [-0.39, 0.29) is 24.0 Å². The summed E-state index contributed by atoms with van der Waals surface area (Å²) in [7, 11) is -3.12. The molecule has 22 heavy (non-hydrogen) atoms. The Morgan fingerprint density at radius 1 is 1.18 bits per heavy atom. The Hall–Kier alpha value is -0.830. The van der Waals surface area contributed by atoms with Crippen molar-refractivity contribution in [3.63, 3.8) is 0 Å². The maximum Gasteiger partial charge on any atom is 0.191 e. The fourth-order valence-electron chi connectivity index (χ4n) is 2.43. The molecule has 124 valence electrons. The van der Waals surface area contributed by atoms with E-state index in [1.807, 2.05) is 12.1 Å². The second kappa shape index (κ2) is 8.71. The highest BCUT2D eigenvalue weighted by molar-refractivity contribution is 14.0.